The fraction of sp³-hybridized carbons (Fsp3) is 0.721. The van der Waals surface area contributed by atoms with Gasteiger partial charge < -0.3 is 39.6 Å². The molecule has 0 aliphatic carbocycles. The summed E-state index contributed by atoms with van der Waals surface area (Å²) < 4.78 is 22.5. The molecule has 0 spiro atoms. The monoisotopic (exact) mass is 884 g/mol. The number of carboxylic acids is 1. The van der Waals surface area contributed by atoms with Crippen LogP contribution in [0.3, 0.4) is 0 Å². The van der Waals surface area contributed by atoms with E-state index in [0.717, 1.165) is 39.0 Å². The van der Waals surface area contributed by atoms with Crippen molar-refractivity contribution in [3.05, 3.63) is 47.5 Å². The molecule has 1 heterocycles. The summed E-state index contributed by atoms with van der Waals surface area (Å²) in [6.45, 7) is 19.0. The highest BCUT2D eigenvalue weighted by atomic mass is 33.1. The number of carbonyl (C=O) groups is 4. The SMILES string of the molecule is CSSC(C)(C)CN(C)CCOCCOCCOCCN(C)Cc1ccc(C2SC2C(C)CCC=CC(=O)NCC(=O)NCC(C)C(=O)OC(CC(C)C)C(=O)O)cc1. The molecule has 3 N–H and O–H groups in total. The summed E-state index contributed by atoms with van der Waals surface area (Å²) in [5.41, 5.74) is 2.62. The molecule has 1 fully saturated rings. The second-order valence-electron chi connectivity index (χ2n) is 16.4. The number of rotatable bonds is 33. The maximum atomic E-state index is 12.3. The number of nitrogens with one attached hydrogen (secondary N) is 2. The van der Waals surface area contributed by atoms with Gasteiger partial charge in [0.05, 0.1) is 52.1 Å². The molecule has 0 bridgehead atoms. The Bertz CT molecular complexity index is 1420. The fourth-order valence-electron chi connectivity index (χ4n) is 6.23. The summed E-state index contributed by atoms with van der Waals surface area (Å²) in [6, 6.07) is 8.92. The highest BCUT2D eigenvalue weighted by molar-refractivity contribution is 8.77. The molecular formula is C43H72N4O9S3. The molecule has 0 radical (unpaired) electrons. The molecule has 1 aromatic rings. The fourth-order valence-corrected chi connectivity index (χ4v) is 9.86. The maximum Gasteiger partial charge on any atom is 0.345 e. The minimum Gasteiger partial charge on any atom is -0.479 e. The van der Waals surface area contributed by atoms with Crippen molar-refractivity contribution in [3.63, 3.8) is 0 Å². The van der Waals surface area contributed by atoms with Gasteiger partial charge in [-0.05, 0) is 82.5 Å². The normalized spacial score (nSPS) is 17.0. The zero-order valence-electron chi connectivity index (χ0n) is 36.9. The second kappa shape index (κ2) is 29.1. The highest BCUT2D eigenvalue weighted by Crippen LogP contribution is 2.59. The van der Waals surface area contributed by atoms with Crippen LogP contribution in [-0.2, 0) is 44.7 Å². The van der Waals surface area contributed by atoms with Crippen molar-refractivity contribution in [2.45, 2.75) is 88.7 Å². The van der Waals surface area contributed by atoms with Crippen molar-refractivity contribution in [1.29, 1.82) is 0 Å². The lowest BCUT2D eigenvalue weighted by Crippen LogP contribution is -2.40. The Morgan fingerprint density at radius 1 is 0.915 bits per heavy atom. The molecule has 5 unspecified atom stereocenters. The van der Waals surface area contributed by atoms with Crippen LogP contribution in [0, 0.1) is 17.8 Å². The van der Waals surface area contributed by atoms with Crippen LogP contribution in [0.2, 0.25) is 0 Å². The number of hydrogen-bond acceptors (Lipinski definition) is 13. The number of likely N-dealkylation sites (N-methyl/N-ethyl adjacent to an activating group) is 2. The van der Waals surface area contributed by atoms with Gasteiger partial charge in [-0.15, -0.1) is 11.8 Å². The van der Waals surface area contributed by atoms with E-state index in [1.54, 1.807) is 6.92 Å². The van der Waals surface area contributed by atoms with Gasteiger partial charge in [0.2, 0.25) is 11.8 Å². The molecule has 16 heteroatoms. The van der Waals surface area contributed by atoms with E-state index >= 15 is 0 Å². The molecule has 1 aliphatic heterocycles. The molecule has 336 valence electrons. The lowest BCUT2D eigenvalue weighted by Gasteiger charge is -2.28. The summed E-state index contributed by atoms with van der Waals surface area (Å²) in [5.74, 6) is -2.92. The summed E-state index contributed by atoms with van der Waals surface area (Å²) in [5, 5.41) is 15.4. The number of ether oxygens (including phenoxy) is 4. The Morgan fingerprint density at radius 2 is 1.53 bits per heavy atom. The average Bonchev–Trinajstić information content (AvgIpc) is 3.97. The van der Waals surface area contributed by atoms with Crippen molar-refractivity contribution < 1.29 is 43.2 Å². The third kappa shape index (κ3) is 24.1. The lowest BCUT2D eigenvalue weighted by molar-refractivity contribution is -0.167. The third-order valence-electron chi connectivity index (χ3n) is 9.49. The Kier molecular flexibility index (Phi) is 26.0. The molecule has 13 nitrogen and oxygen atoms in total. The van der Waals surface area contributed by atoms with Crippen LogP contribution in [0.5, 0.6) is 0 Å². The largest absolute Gasteiger partial charge is 0.479 e. The van der Waals surface area contributed by atoms with E-state index in [1.165, 1.54) is 17.2 Å². The quantitative estimate of drug-likeness (QED) is 0.0251. The minimum absolute atomic E-state index is 0.0294. The molecule has 5 atom stereocenters. The Hall–Kier alpha value is -2.31. The first kappa shape index (κ1) is 52.8. The van der Waals surface area contributed by atoms with E-state index in [2.05, 4.69) is 85.8 Å². The van der Waals surface area contributed by atoms with Gasteiger partial charge in [-0.2, -0.15) is 0 Å². The average molecular weight is 885 g/mol. The zero-order chi connectivity index (χ0) is 43.8. The summed E-state index contributed by atoms with van der Waals surface area (Å²) in [4.78, 5) is 52.6. The van der Waals surface area contributed by atoms with Crippen molar-refractivity contribution in [2.75, 3.05) is 92.7 Å². The number of carbonyl (C=O) groups excluding carboxylic acids is 3. The molecule has 0 aromatic heterocycles. The van der Waals surface area contributed by atoms with E-state index in [4.69, 9.17) is 18.9 Å². The van der Waals surface area contributed by atoms with Gasteiger partial charge in [0.25, 0.3) is 0 Å². The number of nitrogens with zero attached hydrogens (tertiary/aromatic N) is 2. The first-order valence-corrected chi connectivity index (χ1v) is 24.2. The lowest BCUT2D eigenvalue weighted by atomic mass is 9.96. The summed E-state index contributed by atoms with van der Waals surface area (Å²) >= 11 is 1.99. The zero-order valence-corrected chi connectivity index (χ0v) is 39.3. The number of allylic oxidation sites excluding steroid dienone is 1. The number of carboxylic acid groups (broad SMARTS) is 1. The Balaban J connectivity index is 1.52. The van der Waals surface area contributed by atoms with E-state index in [0.29, 0.717) is 56.1 Å². The molecule has 1 aromatic carbocycles. The van der Waals surface area contributed by atoms with Gasteiger partial charge in [0.15, 0.2) is 6.10 Å². The van der Waals surface area contributed by atoms with Crippen molar-refractivity contribution in [3.8, 4) is 0 Å². The van der Waals surface area contributed by atoms with Crippen molar-refractivity contribution in [2.24, 2.45) is 17.8 Å². The van der Waals surface area contributed by atoms with Crippen LogP contribution < -0.4 is 10.6 Å². The van der Waals surface area contributed by atoms with Gasteiger partial charge in [-0.3, -0.25) is 19.3 Å². The van der Waals surface area contributed by atoms with E-state index in [-0.39, 0.29) is 36.1 Å². The molecule has 2 rings (SSSR count). The molecule has 59 heavy (non-hydrogen) atoms. The minimum atomic E-state index is -1.22. The summed E-state index contributed by atoms with van der Waals surface area (Å²) in [7, 11) is 7.96. The molecule has 2 amide bonds. The van der Waals surface area contributed by atoms with Gasteiger partial charge in [0, 0.05) is 48.0 Å². The van der Waals surface area contributed by atoms with Crippen LogP contribution in [0.4, 0.5) is 0 Å². The van der Waals surface area contributed by atoms with E-state index in [1.807, 2.05) is 53.3 Å². The molecule has 1 aliphatic rings. The smallest absolute Gasteiger partial charge is 0.345 e. The number of hydrogen-bond donors (Lipinski definition) is 3. The first-order chi connectivity index (χ1) is 28.0. The van der Waals surface area contributed by atoms with Gasteiger partial charge >= 0.3 is 11.9 Å². The van der Waals surface area contributed by atoms with E-state index in [9.17, 15) is 24.3 Å². The second-order valence-corrected chi connectivity index (χ2v) is 20.8. The maximum absolute atomic E-state index is 12.3. The topological polar surface area (TPSA) is 156 Å². The van der Waals surface area contributed by atoms with Gasteiger partial charge in [-0.1, -0.05) is 79.6 Å². The van der Waals surface area contributed by atoms with Crippen LogP contribution >= 0.6 is 33.3 Å². The van der Waals surface area contributed by atoms with Crippen molar-refractivity contribution in [1.82, 2.24) is 20.4 Å². The number of amides is 2. The summed E-state index contributed by atoms with van der Waals surface area (Å²) in [6.07, 6.45) is 6.08. The number of aliphatic carboxylic acids is 1. The standard InChI is InChI=1S/C43H72N4O9S3/c1-31(2)26-36(41(50)51)56-42(52)33(4)27-44-38(49)28-45-37(48)13-11-10-12-32(3)39-40(58-39)35-16-14-34(15-17-35)29-46(7)18-20-53-22-24-55-25-23-54-21-19-47(8)30-43(5,6)59-57-9/h11,13-17,31-33,36,39-40H,10,12,18-30H2,1-9H3,(H,44,49)(H,45,48)(H,50,51). The third-order valence-corrected chi connectivity index (χ3v) is 13.7. The van der Waals surface area contributed by atoms with Gasteiger partial charge in [0.1, 0.15) is 0 Å². The Morgan fingerprint density at radius 3 is 2.12 bits per heavy atom. The van der Waals surface area contributed by atoms with Crippen molar-refractivity contribution >= 4 is 57.1 Å². The number of benzene rings is 1. The van der Waals surface area contributed by atoms with Crippen LogP contribution in [-0.4, -0.2) is 147 Å². The van der Waals surface area contributed by atoms with E-state index < -0.39 is 29.9 Å². The van der Waals surface area contributed by atoms with Crippen LogP contribution in [0.25, 0.3) is 0 Å². The highest BCUT2D eigenvalue weighted by Gasteiger charge is 2.42. The molecule has 0 saturated carbocycles. The van der Waals surface area contributed by atoms with Crippen LogP contribution in [0.1, 0.15) is 77.2 Å². The predicted octanol–water partition coefficient (Wildman–Crippen LogP) is 5.93. The number of esters is 1. The predicted molar refractivity (Wildman–Crippen MR) is 242 cm³/mol. The molecular weight excluding hydrogens is 813 g/mol. The molecule has 1 saturated heterocycles. The first-order valence-electron chi connectivity index (χ1n) is 20.7. The van der Waals surface area contributed by atoms with Crippen LogP contribution in [0.15, 0.2) is 36.4 Å². The Labute approximate surface area is 366 Å². The number of thioether (sulfide) groups is 1. The van der Waals surface area contributed by atoms with Gasteiger partial charge in [-0.25, -0.2) is 4.79 Å².